The van der Waals surface area contributed by atoms with Gasteiger partial charge < -0.3 is 19.4 Å². The summed E-state index contributed by atoms with van der Waals surface area (Å²) in [5.41, 5.74) is 7.67. The van der Waals surface area contributed by atoms with Gasteiger partial charge in [0.2, 0.25) is 17.7 Å². The van der Waals surface area contributed by atoms with E-state index in [-0.39, 0.29) is 41.4 Å². The van der Waals surface area contributed by atoms with Gasteiger partial charge in [-0.2, -0.15) is 0 Å². The van der Waals surface area contributed by atoms with Crippen LogP contribution in [0.3, 0.4) is 0 Å². The van der Waals surface area contributed by atoms with E-state index < -0.39 is 6.04 Å². The second-order valence-electron chi connectivity index (χ2n) is 20.5. The molecule has 2 bridgehead atoms. The first kappa shape index (κ1) is 43.6. The van der Waals surface area contributed by atoms with E-state index in [9.17, 15) is 19.2 Å². The average Bonchev–Trinajstić information content (AvgIpc) is 4.05. The van der Waals surface area contributed by atoms with E-state index in [0.717, 1.165) is 135 Å². The van der Waals surface area contributed by atoms with Gasteiger partial charge in [-0.15, -0.1) is 0 Å². The van der Waals surface area contributed by atoms with Crippen LogP contribution in [-0.2, 0) is 33.9 Å². The van der Waals surface area contributed by atoms with Gasteiger partial charge in [0, 0.05) is 116 Å². The quantitative estimate of drug-likeness (QED) is 0.149. The number of pyridine rings is 1. The first-order chi connectivity index (χ1) is 33.7. The number of carbonyl (C=O) groups excluding carboxylic acids is 4. The number of nitrogens with zero attached hydrogens (tertiary/aromatic N) is 8. The van der Waals surface area contributed by atoms with Crippen LogP contribution in [0, 0.1) is 29.1 Å². The summed E-state index contributed by atoms with van der Waals surface area (Å²) in [7, 11) is 0. The number of anilines is 1. The van der Waals surface area contributed by atoms with Crippen LogP contribution in [0.2, 0.25) is 0 Å². The van der Waals surface area contributed by atoms with E-state index in [1.54, 1.807) is 4.90 Å². The lowest BCUT2D eigenvalue weighted by Crippen LogP contribution is -2.53. The Labute approximate surface area is 402 Å². The Morgan fingerprint density at radius 1 is 0.812 bits per heavy atom. The molecule has 3 saturated carbocycles. The molecule has 6 fully saturated rings. The molecule has 14 nitrogen and oxygen atoms in total. The fourth-order valence-electron chi connectivity index (χ4n) is 12.3. The van der Waals surface area contributed by atoms with Crippen LogP contribution >= 0.6 is 0 Å². The zero-order valence-corrected chi connectivity index (χ0v) is 38.9. The molecule has 5 aliphatic heterocycles. The Balaban J connectivity index is 0.568. The van der Waals surface area contributed by atoms with E-state index in [2.05, 4.69) is 54.0 Å². The van der Waals surface area contributed by atoms with Gasteiger partial charge in [-0.3, -0.25) is 39.3 Å². The standard InChI is InChI=1S/C55H57N9O5/c65-50-14-13-49(52(66)59-50)64-33-40-27-43(9-12-45(40)54(64)68)61-20-16-42(17-21-61)62-24-22-60(23-25-62)18-3-4-36-7-10-44(11-8-36)69-35-55-28-41(29-55)46(30-55)53(67)63-19-15-38-31-57-51(58-48(38)34-63)39-26-37-5-1-2-6-47(37)56-32-39/h1-2,5-12,26-27,31-32,41-42,46,49H,13-25,28-30,33-35H2,(H,59,65,66). The van der Waals surface area contributed by atoms with Crippen molar-refractivity contribution in [2.75, 3.05) is 63.9 Å². The fourth-order valence-corrected chi connectivity index (χ4v) is 12.3. The molecule has 2 unspecified atom stereocenters. The third-order valence-corrected chi connectivity index (χ3v) is 16.2. The number of imide groups is 1. The summed E-state index contributed by atoms with van der Waals surface area (Å²) in [5, 5.41) is 3.44. The summed E-state index contributed by atoms with van der Waals surface area (Å²) in [6.07, 6.45) is 10.3. The van der Waals surface area contributed by atoms with Gasteiger partial charge in [0.05, 0.1) is 30.9 Å². The van der Waals surface area contributed by atoms with Crippen LogP contribution in [0.25, 0.3) is 22.3 Å². The van der Waals surface area contributed by atoms with Gasteiger partial charge in [-0.1, -0.05) is 30.0 Å². The van der Waals surface area contributed by atoms with Gasteiger partial charge in [-0.25, -0.2) is 9.97 Å². The number of para-hydroxylation sites is 1. The van der Waals surface area contributed by atoms with E-state index in [1.807, 2.05) is 78.0 Å². The number of rotatable bonds is 9. The first-order valence-electron chi connectivity index (χ1n) is 24.9. The SMILES string of the molecule is O=C1CCC(N2Cc3cc(N4CCC(N5CCN(CC#Cc6ccc(OCC78CC(C7)C(C(=O)N7CCc9cnc(-c%10cnc%11ccccc%11c%10)nc9C7)C8)cc6)CC5)CC4)ccc3C2=O)C(=O)N1. The molecule has 8 aliphatic rings. The predicted octanol–water partition coefficient (Wildman–Crippen LogP) is 5.47. The second kappa shape index (κ2) is 18.0. The van der Waals surface area contributed by atoms with Crippen LogP contribution in [-0.4, -0.2) is 129 Å². The smallest absolute Gasteiger partial charge is 0.255 e. The number of hydrogen-bond acceptors (Lipinski definition) is 11. The van der Waals surface area contributed by atoms with Crippen LogP contribution in [0.1, 0.15) is 77.7 Å². The largest absolute Gasteiger partial charge is 0.493 e. The summed E-state index contributed by atoms with van der Waals surface area (Å²) in [6, 6.07) is 24.3. The van der Waals surface area contributed by atoms with Crippen molar-refractivity contribution in [3.8, 4) is 29.0 Å². The zero-order chi connectivity index (χ0) is 46.6. The van der Waals surface area contributed by atoms with Crippen molar-refractivity contribution in [1.29, 1.82) is 0 Å². The maximum Gasteiger partial charge on any atom is 0.255 e. The minimum absolute atomic E-state index is 0.0440. The maximum atomic E-state index is 14.0. The summed E-state index contributed by atoms with van der Waals surface area (Å²) in [4.78, 5) is 76.7. The molecule has 0 spiro atoms. The molecule has 7 heterocycles. The highest BCUT2D eigenvalue weighted by molar-refractivity contribution is 6.05. The molecule has 3 aliphatic carbocycles. The van der Waals surface area contributed by atoms with Crippen molar-refractivity contribution in [3.63, 3.8) is 0 Å². The van der Waals surface area contributed by atoms with E-state index in [4.69, 9.17) is 9.72 Å². The summed E-state index contributed by atoms with van der Waals surface area (Å²) in [6.45, 7) is 9.03. The molecule has 5 aromatic rings. The first-order valence-corrected chi connectivity index (χ1v) is 24.9. The van der Waals surface area contributed by atoms with Crippen molar-refractivity contribution >= 4 is 40.2 Å². The zero-order valence-electron chi connectivity index (χ0n) is 38.9. The number of hydrogen-bond donors (Lipinski definition) is 1. The highest BCUT2D eigenvalue weighted by Crippen LogP contribution is 2.62. The van der Waals surface area contributed by atoms with Crippen LogP contribution in [0.4, 0.5) is 5.69 Å². The lowest BCUT2D eigenvalue weighted by Gasteiger charge is -2.43. The number of nitrogens with one attached hydrogen (secondary N) is 1. The number of piperazine rings is 1. The third kappa shape index (κ3) is 8.61. The van der Waals surface area contributed by atoms with Crippen molar-refractivity contribution in [2.24, 2.45) is 17.3 Å². The summed E-state index contributed by atoms with van der Waals surface area (Å²) < 4.78 is 6.38. The molecule has 3 saturated heterocycles. The van der Waals surface area contributed by atoms with Crippen molar-refractivity contribution in [2.45, 2.75) is 76.5 Å². The van der Waals surface area contributed by atoms with Crippen molar-refractivity contribution in [1.82, 2.24) is 39.9 Å². The van der Waals surface area contributed by atoms with E-state index in [0.29, 0.717) is 56.0 Å². The third-order valence-electron chi connectivity index (χ3n) is 16.2. The Bertz CT molecular complexity index is 2910. The molecule has 13 rings (SSSR count). The molecular weight excluding hydrogens is 867 g/mol. The number of aromatic nitrogens is 3. The molecule has 69 heavy (non-hydrogen) atoms. The Morgan fingerprint density at radius 3 is 2.46 bits per heavy atom. The van der Waals surface area contributed by atoms with Crippen molar-refractivity contribution < 1.29 is 23.9 Å². The van der Waals surface area contributed by atoms with Crippen LogP contribution < -0.4 is 15.0 Å². The molecule has 1 N–H and O–H groups in total. The second-order valence-corrected chi connectivity index (χ2v) is 20.5. The minimum Gasteiger partial charge on any atom is -0.493 e. The van der Waals surface area contributed by atoms with Gasteiger partial charge >= 0.3 is 0 Å². The molecule has 2 aromatic heterocycles. The van der Waals surface area contributed by atoms with Gasteiger partial charge in [0.1, 0.15) is 11.8 Å². The lowest BCUT2D eigenvalue weighted by atomic mass is 9.70. The normalized spacial score (nSPS) is 24.9. The molecule has 14 heteroatoms. The van der Waals surface area contributed by atoms with Gasteiger partial charge in [0.25, 0.3) is 5.91 Å². The molecule has 352 valence electrons. The molecule has 3 aromatic carbocycles. The topological polar surface area (TPSA) is 144 Å². The van der Waals surface area contributed by atoms with E-state index >= 15 is 0 Å². The molecule has 4 amide bonds. The number of carbonyl (C=O) groups is 4. The average molecular weight is 924 g/mol. The maximum absolute atomic E-state index is 14.0. The Morgan fingerprint density at radius 2 is 1.64 bits per heavy atom. The summed E-state index contributed by atoms with van der Waals surface area (Å²) in [5.74, 6) is 8.23. The van der Waals surface area contributed by atoms with Crippen molar-refractivity contribution in [3.05, 3.63) is 113 Å². The number of benzene rings is 3. The minimum atomic E-state index is -0.595. The monoisotopic (exact) mass is 923 g/mol. The van der Waals surface area contributed by atoms with Gasteiger partial charge in [-0.05, 0) is 117 Å². The number of ether oxygens (including phenoxy) is 1. The molecule has 2 atom stereocenters. The highest BCUT2D eigenvalue weighted by Gasteiger charge is 2.59. The number of fused-ring (bicyclic) bond motifs is 4. The van der Waals surface area contributed by atoms with Gasteiger partial charge in [0.15, 0.2) is 5.82 Å². The Hall–Kier alpha value is -6.69. The number of piperidine rings is 2. The summed E-state index contributed by atoms with van der Waals surface area (Å²) >= 11 is 0. The number of amides is 4. The predicted molar refractivity (Wildman–Crippen MR) is 260 cm³/mol. The fraction of sp³-hybridized carbons (Fsp3) is 0.436. The molecule has 0 radical (unpaired) electrons. The highest BCUT2D eigenvalue weighted by atomic mass is 16.5. The lowest BCUT2D eigenvalue weighted by molar-refractivity contribution is -0.138. The van der Waals surface area contributed by atoms with Crippen LogP contribution in [0.5, 0.6) is 5.75 Å². The Kier molecular flexibility index (Phi) is 11.4. The van der Waals surface area contributed by atoms with E-state index in [1.165, 1.54) is 0 Å². The van der Waals surface area contributed by atoms with Crippen LogP contribution in [0.15, 0.2) is 85.2 Å². The molecular formula is C55H57N9O5.